The maximum absolute atomic E-state index is 13.2. The van der Waals surface area contributed by atoms with Crippen LogP contribution in [0, 0.1) is 17.7 Å². The van der Waals surface area contributed by atoms with Crippen LogP contribution in [-0.2, 0) is 0 Å². The van der Waals surface area contributed by atoms with E-state index in [0.29, 0.717) is 5.75 Å². The molecule has 2 aromatic rings. The van der Waals surface area contributed by atoms with Crippen LogP contribution in [0.25, 0.3) is 0 Å². The highest BCUT2D eigenvalue weighted by atomic mass is 19.1. The first-order valence-electron chi connectivity index (χ1n) is 4.36. The van der Waals surface area contributed by atoms with Gasteiger partial charge in [0, 0.05) is 6.07 Å². The van der Waals surface area contributed by atoms with Gasteiger partial charge >= 0.3 is 0 Å². The quantitative estimate of drug-likeness (QED) is 0.728. The van der Waals surface area contributed by atoms with Crippen molar-refractivity contribution in [3.05, 3.63) is 60.2 Å². The standard InChI is InChI=1S/C12H7F2O/c13-10-7-4-8-11(14)12(10)15-9-5-2-1-3-6-9/h1-7H. The molecule has 0 saturated heterocycles. The maximum Gasteiger partial charge on any atom is 0.199 e. The maximum atomic E-state index is 13.2. The van der Waals surface area contributed by atoms with Crippen molar-refractivity contribution in [1.29, 1.82) is 0 Å². The summed E-state index contributed by atoms with van der Waals surface area (Å²) in [5.74, 6) is -1.62. The average Bonchev–Trinajstić information content (AvgIpc) is 2.25. The molecule has 0 aliphatic rings. The number of benzene rings is 2. The van der Waals surface area contributed by atoms with Crippen molar-refractivity contribution in [3.8, 4) is 11.5 Å². The normalized spacial score (nSPS) is 10.0. The molecule has 0 saturated carbocycles. The molecule has 0 unspecified atom stereocenters. The molecular weight excluding hydrogens is 198 g/mol. The zero-order valence-electron chi connectivity index (χ0n) is 7.71. The van der Waals surface area contributed by atoms with Gasteiger partial charge in [-0.1, -0.05) is 18.2 Å². The summed E-state index contributed by atoms with van der Waals surface area (Å²) in [6.45, 7) is 0. The summed E-state index contributed by atoms with van der Waals surface area (Å²) in [4.78, 5) is 0. The Morgan fingerprint density at radius 2 is 1.73 bits per heavy atom. The molecule has 3 heteroatoms. The van der Waals surface area contributed by atoms with Crippen LogP contribution in [0.2, 0.25) is 0 Å². The summed E-state index contributed by atoms with van der Waals surface area (Å²) in [6.07, 6.45) is 0. The lowest BCUT2D eigenvalue weighted by Crippen LogP contribution is -1.91. The highest BCUT2D eigenvalue weighted by molar-refractivity contribution is 5.32. The van der Waals surface area contributed by atoms with E-state index in [1.54, 1.807) is 30.3 Å². The third-order valence-corrected chi connectivity index (χ3v) is 1.82. The Balaban J connectivity index is 2.32. The minimum atomic E-state index is -0.834. The van der Waals surface area contributed by atoms with E-state index in [1.165, 1.54) is 6.07 Å². The fourth-order valence-corrected chi connectivity index (χ4v) is 1.13. The lowest BCUT2D eigenvalue weighted by atomic mass is 10.3. The second-order valence-electron chi connectivity index (χ2n) is 2.88. The van der Waals surface area contributed by atoms with Gasteiger partial charge in [0.15, 0.2) is 17.4 Å². The second-order valence-corrected chi connectivity index (χ2v) is 2.88. The van der Waals surface area contributed by atoms with Gasteiger partial charge in [0.25, 0.3) is 0 Å². The number of ether oxygens (including phenoxy) is 1. The monoisotopic (exact) mass is 205 g/mol. The van der Waals surface area contributed by atoms with Crippen LogP contribution in [0.3, 0.4) is 0 Å². The first-order valence-corrected chi connectivity index (χ1v) is 4.36. The first kappa shape index (κ1) is 9.65. The smallest absolute Gasteiger partial charge is 0.199 e. The van der Waals surface area contributed by atoms with Crippen molar-refractivity contribution in [2.24, 2.45) is 0 Å². The Morgan fingerprint density at radius 3 is 2.40 bits per heavy atom. The zero-order chi connectivity index (χ0) is 10.7. The Morgan fingerprint density at radius 1 is 1.00 bits per heavy atom. The number of rotatable bonds is 2. The van der Waals surface area contributed by atoms with E-state index in [9.17, 15) is 8.78 Å². The van der Waals surface area contributed by atoms with E-state index < -0.39 is 17.4 Å². The fourth-order valence-electron chi connectivity index (χ4n) is 1.13. The molecule has 0 aromatic heterocycles. The van der Waals surface area contributed by atoms with E-state index in [1.807, 2.05) is 0 Å². The Kier molecular flexibility index (Phi) is 2.63. The molecule has 0 bridgehead atoms. The van der Waals surface area contributed by atoms with Crippen LogP contribution in [0.4, 0.5) is 8.78 Å². The molecular formula is C12H7F2O. The Bertz CT molecular complexity index is 434. The molecule has 0 aliphatic heterocycles. The molecule has 0 spiro atoms. The molecule has 15 heavy (non-hydrogen) atoms. The topological polar surface area (TPSA) is 9.23 Å². The van der Waals surface area contributed by atoms with E-state index in [0.717, 1.165) is 6.07 Å². The van der Waals surface area contributed by atoms with Gasteiger partial charge in [0.2, 0.25) is 0 Å². The highest BCUT2D eigenvalue weighted by Crippen LogP contribution is 2.26. The van der Waals surface area contributed by atoms with Gasteiger partial charge in [0.1, 0.15) is 5.75 Å². The van der Waals surface area contributed by atoms with E-state index in [2.05, 4.69) is 6.07 Å². The number of halogens is 2. The number of para-hydroxylation sites is 1. The first-order chi connectivity index (χ1) is 7.27. The van der Waals surface area contributed by atoms with Crippen molar-refractivity contribution < 1.29 is 13.5 Å². The summed E-state index contributed by atoms with van der Waals surface area (Å²) in [5.41, 5.74) is 0. The van der Waals surface area contributed by atoms with Crippen LogP contribution in [0.1, 0.15) is 0 Å². The lowest BCUT2D eigenvalue weighted by molar-refractivity contribution is 0.407. The van der Waals surface area contributed by atoms with Gasteiger partial charge < -0.3 is 4.74 Å². The molecule has 0 aliphatic carbocycles. The predicted octanol–water partition coefficient (Wildman–Crippen LogP) is 3.56. The second kappa shape index (κ2) is 4.09. The molecule has 75 valence electrons. The van der Waals surface area contributed by atoms with Crippen molar-refractivity contribution in [3.63, 3.8) is 0 Å². The summed E-state index contributed by atoms with van der Waals surface area (Å²) in [6, 6.07) is 13.0. The van der Waals surface area contributed by atoms with Gasteiger partial charge in [-0.25, -0.2) is 8.78 Å². The van der Waals surface area contributed by atoms with Crippen LogP contribution in [0.5, 0.6) is 11.5 Å². The fraction of sp³-hybridized carbons (Fsp3) is 0. The van der Waals surface area contributed by atoms with E-state index in [-0.39, 0.29) is 0 Å². The molecule has 0 atom stereocenters. The van der Waals surface area contributed by atoms with Crippen LogP contribution < -0.4 is 4.74 Å². The van der Waals surface area contributed by atoms with Gasteiger partial charge in [-0.05, 0) is 24.3 Å². The van der Waals surface area contributed by atoms with Gasteiger partial charge in [0.05, 0.1) is 0 Å². The third kappa shape index (κ3) is 2.13. The molecule has 2 aromatic carbocycles. The molecule has 0 heterocycles. The van der Waals surface area contributed by atoms with E-state index in [4.69, 9.17) is 4.74 Å². The van der Waals surface area contributed by atoms with Crippen molar-refractivity contribution >= 4 is 0 Å². The number of hydrogen-bond donors (Lipinski definition) is 0. The Hall–Kier alpha value is -1.90. The largest absolute Gasteiger partial charge is 0.451 e. The molecule has 0 N–H and O–H groups in total. The molecule has 0 fully saturated rings. The minimum Gasteiger partial charge on any atom is -0.451 e. The predicted molar refractivity (Wildman–Crippen MR) is 51.7 cm³/mol. The molecule has 1 nitrogen and oxygen atoms in total. The van der Waals surface area contributed by atoms with Gasteiger partial charge in [-0.15, -0.1) is 0 Å². The zero-order valence-corrected chi connectivity index (χ0v) is 7.71. The Labute approximate surface area is 85.9 Å². The summed E-state index contributed by atoms with van der Waals surface area (Å²) in [5, 5.41) is 0. The third-order valence-electron chi connectivity index (χ3n) is 1.82. The molecule has 2 rings (SSSR count). The lowest BCUT2D eigenvalue weighted by Gasteiger charge is -2.06. The van der Waals surface area contributed by atoms with Crippen molar-refractivity contribution in [1.82, 2.24) is 0 Å². The highest BCUT2D eigenvalue weighted by Gasteiger charge is 2.10. The van der Waals surface area contributed by atoms with Gasteiger partial charge in [-0.2, -0.15) is 0 Å². The number of hydrogen-bond acceptors (Lipinski definition) is 1. The summed E-state index contributed by atoms with van der Waals surface area (Å²) < 4.78 is 31.3. The van der Waals surface area contributed by atoms with Gasteiger partial charge in [-0.3, -0.25) is 0 Å². The van der Waals surface area contributed by atoms with Crippen molar-refractivity contribution in [2.45, 2.75) is 0 Å². The average molecular weight is 205 g/mol. The molecule has 0 amide bonds. The van der Waals surface area contributed by atoms with E-state index >= 15 is 0 Å². The SMILES string of the molecule is Fc1[c]ccc(F)c1Oc1ccccc1. The summed E-state index contributed by atoms with van der Waals surface area (Å²) in [7, 11) is 0. The molecule has 1 radical (unpaired) electrons. The summed E-state index contributed by atoms with van der Waals surface area (Å²) >= 11 is 0. The van der Waals surface area contributed by atoms with Crippen LogP contribution >= 0.6 is 0 Å². The minimum absolute atomic E-state index is 0.384. The van der Waals surface area contributed by atoms with Crippen LogP contribution in [-0.4, -0.2) is 0 Å². The van der Waals surface area contributed by atoms with Crippen molar-refractivity contribution in [2.75, 3.05) is 0 Å². The van der Waals surface area contributed by atoms with Crippen LogP contribution in [0.15, 0.2) is 42.5 Å².